The number of pyridine rings is 1. The average molecular weight is 340 g/mol. The molecule has 5 nitrogen and oxygen atoms in total. The van der Waals surface area contributed by atoms with Gasteiger partial charge in [-0.2, -0.15) is 0 Å². The molecule has 0 saturated heterocycles. The van der Waals surface area contributed by atoms with Gasteiger partial charge >= 0.3 is 0 Å². The maximum absolute atomic E-state index is 12.7. The Kier molecular flexibility index (Phi) is 3.18. The van der Waals surface area contributed by atoms with Crippen LogP contribution in [0.5, 0.6) is 5.75 Å². The number of carbonyl (C=O) groups excluding carboxylic acids is 1. The number of hydrogen-bond acceptors (Lipinski definition) is 4. The Bertz CT molecular complexity index is 1140. The summed E-state index contributed by atoms with van der Waals surface area (Å²) in [5.74, 6) is -1.08. The van der Waals surface area contributed by atoms with Gasteiger partial charge < -0.3 is 14.5 Å². The molecule has 0 spiro atoms. The number of ketones is 1. The number of hydrogen-bond donors (Lipinski definition) is 2. The summed E-state index contributed by atoms with van der Waals surface area (Å²) in [4.78, 5) is 27.5. The summed E-state index contributed by atoms with van der Waals surface area (Å²) >= 11 is 5.88. The van der Waals surface area contributed by atoms with Crippen LogP contribution in [-0.4, -0.2) is 15.9 Å². The highest BCUT2D eigenvalue weighted by atomic mass is 35.5. The van der Waals surface area contributed by atoms with E-state index in [2.05, 4.69) is 4.98 Å². The molecule has 6 heteroatoms. The number of aromatic hydroxyl groups is 1. The summed E-state index contributed by atoms with van der Waals surface area (Å²) in [5, 5.41) is 11.9. The first-order chi connectivity index (χ1) is 11.5. The first-order valence-corrected chi connectivity index (χ1v) is 7.50. The van der Waals surface area contributed by atoms with Gasteiger partial charge in [-0.1, -0.05) is 29.8 Å². The minimum Gasteiger partial charge on any atom is -0.506 e. The van der Waals surface area contributed by atoms with Crippen LogP contribution in [0.15, 0.2) is 57.7 Å². The van der Waals surface area contributed by atoms with Crippen molar-refractivity contribution in [2.24, 2.45) is 0 Å². The Balaban J connectivity index is 1.93. The number of fused-ring (bicyclic) bond motifs is 2. The monoisotopic (exact) mass is 339 g/mol. The Morgan fingerprint density at radius 2 is 1.92 bits per heavy atom. The molecule has 0 bridgehead atoms. The van der Waals surface area contributed by atoms with Gasteiger partial charge in [0.1, 0.15) is 16.9 Å². The van der Waals surface area contributed by atoms with Crippen molar-refractivity contribution in [3.05, 3.63) is 75.2 Å². The predicted molar refractivity (Wildman–Crippen MR) is 90.9 cm³/mol. The first-order valence-electron chi connectivity index (χ1n) is 7.12. The minimum absolute atomic E-state index is 0.00897. The number of H-pyrrole nitrogens is 1. The molecule has 4 aromatic rings. The number of rotatable bonds is 2. The first kappa shape index (κ1) is 14.5. The minimum atomic E-state index is -0.701. The van der Waals surface area contributed by atoms with E-state index in [1.54, 1.807) is 36.4 Å². The Morgan fingerprint density at radius 1 is 1.12 bits per heavy atom. The van der Waals surface area contributed by atoms with Crippen LogP contribution >= 0.6 is 11.6 Å². The number of furan rings is 1. The van der Waals surface area contributed by atoms with Crippen molar-refractivity contribution in [2.75, 3.05) is 0 Å². The third kappa shape index (κ3) is 2.18. The van der Waals surface area contributed by atoms with E-state index in [0.717, 1.165) is 5.39 Å². The van der Waals surface area contributed by atoms with Gasteiger partial charge in [0, 0.05) is 15.8 Å². The molecule has 0 fully saturated rings. The fourth-order valence-corrected chi connectivity index (χ4v) is 2.85. The van der Waals surface area contributed by atoms with Gasteiger partial charge in [-0.15, -0.1) is 0 Å². The van der Waals surface area contributed by atoms with Crippen LogP contribution in [0.3, 0.4) is 0 Å². The van der Waals surface area contributed by atoms with Crippen LogP contribution < -0.4 is 5.56 Å². The molecule has 118 valence electrons. The molecule has 2 heterocycles. The number of nitrogens with one attached hydrogen (secondary N) is 1. The molecule has 0 unspecified atom stereocenters. The van der Waals surface area contributed by atoms with Crippen molar-refractivity contribution in [3.8, 4) is 5.75 Å². The highest BCUT2D eigenvalue weighted by Crippen LogP contribution is 2.29. The molecular weight excluding hydrogens is 330 g/mol. The van der Waals surface area contributed by atoms with Gasteiger partial charge in [0.2, 0.25) is 5.78 Å². The van der Waals surface area contributed by atoms with E-state index in [4.69, 9.17) is 16.0 Å². The lowest BCUT2D eigenvalue weighted by Crippen LogP contribution is -2.18. The smallest absolute Gasteiger partial charge is 0.263 e. The van der Waals surface area contributed by atoms with Crippen LogP contribution in [-0.2, 0) is 0 Å². The highest BCUT2D eigenvalue weighted by Gasteiger charge is 2.23. The van der Waals surface area contributed by atoms with Gasteiger partial charge in [-0.05, 0) is 30.3 Å². The largest absolute Gasteiger partial charge is 0.506 e. The summed E-state index contributed by atoms with van der Waals surface area (Å²) in [6.45, 7) is 0. The van der Waals surface area contributed by atoms with Crippen molar-refractivity contribution in [2.45, 2.75) is 0 Å². The zero-order valence-corrected chi connectivity index (χ0v) is 12.9. The van der Waals surface area contributed by atoms with E-state index < -0.39 is 17.1 Å². The number of para-hydroxylation sites is 1. The van der Waals surface area contributed by atoms with Crippen LogP contribution in [0.25, 0.3) is 21.9 Å². The Morgan fingerprint density at radius 3 is 2.71 bits per heavy atom. The average Bonchev–Trinajstić information content (AvgIpc) is 2.98. The van der Waals surface area contributed by atoms with E-state index in [1.165, 1.54) is 6.07 Å². The molecule has 0 atom stereocenters. The summed E-state index contributed by atoms with van der Waals surface area (Å²) in [7, 11) is 0. The summed E-state index contributed by atoms with van der Waals surface area (Å²) < 4.78 is 5.49. The molecule has 24 heavy (non-hydrogen) atoms. The lowest BCUT2D eigenvalue weighted by Gasteiger charge is -2.06. The lowest BCUT2D eigenvalue weighted by atomic mass is 10.1. The van der Waals surface area contributed by atoms with Crippen molar-refractivity contribution in [1.82, 2.24) is 4.98 Å². The number of aromatic amines is 1. The third-order valence-corrected chi connectivity index (χ3v) is 4.06. The van der Waals surface area contributed by atoms with Crippen LogP contribution in [0.4, 0.5) is 0 Å². The zero-order chi connectivity index (χ0) is 16.8. The highest BCUT2D eigenvalue weighted by molar-refractivity contribution is 6.31. The van der Waals surface area contributed by atoms with E-state index in [-0.39, 0.29) is 11.3 Å². The third-order valence-electron chi connectivity index (χ3n) is 3.83. The van der Waals surface area contributed by atoms with Crippen LogP contribution in [0.2, 0.25) is 5.02 Å². The normalized spacial score (nSPS) is 11.2. The summed E-state index contributed by atoms with van der Waals surface area (Å²) in [6, 6.07) is 13.3. The molecule has 2 N–H and O–H groups in total. The maximum atomic E-state index is 12.7. The second-order valence-electron chi connectivity index (χ2n) is 5.35. The van der Waals surface area contributed by atoms with E-state index in [1.807, 2.05) is 6.07 Å². The molecule has 0 aliphatic carbocycles. The molecule has 0 aliphatic rings. The molecule has 2 aromatic carbocycles. The van der Waals surface area contributed by atoms with Crippen molar-refractivity contribution < 1.29 is 14.3 Å². The van der Waals surface area contributed by atoms with Gasteiger partial charge in [-0.3, -0.25) is 9.59 Å². The summed E-state index contributed by atoms with van der Waals surface area (Å²) in [5.41, 5.74) is -0.174. The van der Waals surface area contributed by atoms with E-state index in [0.29, 0.717) is 21.5 Å². The molecule has 0 aliphatic heterocycles. The number of carbonyl (C=O) groups is 1. The number of benzene rings is 2. The van der Waals surface area contributed by atoms with E-state index in [9.17, 15) is 14.7 Å². The van der Waals surface area contributed by atoms with Crippen LogP contribution in [0.1, 0.15) is 16.1 Å². The second-order valence-corrected chi connectivity index (χ2v) is 5.78. The molecule has 0 amide bonds. The van der Waals surface area contributed by atoms with Crippen molar-refractivity contribution in [1.29, 1.82) is 0 Å². The second kappa shape index (κ2) is 5.25. The molecule has 0 radical (unpaired) electrons. The number of aromatic nitrogens is 1. The standard InChI is InChI=1S/C18H10ClNO4/c19-10-5-6-11-12(8-10)20-18(23)15(16(11)21)17(22)14-7-9-3-1-2-4-13(9)24-14/h1-8H,(H2,20,21,23). The van der Waals surface area contributed by atoms with Gasteiger partial charge in [-0.25, -0.2) is 0 Å². The molecular formula is C18H10ClNO4. The van der Waals surface area contributed by atoms with Crippen molar-refractivity contribution in [3.63, 3.8) is 0 Å². The van der Waals surface area contributed by atoms with Crippen LogP contribution in [0, 0.1) is 0 Å². The molecule has 4 rings (SSSR count). The quantitative estimate of drug-likeness (QED) is 0.543. The maximum Gasteiger partial charge on any atom is 0.263 e. The zero-order valence-electron chi connectivity index (χ0n) is 12.2. The fourth-order valence-electron chi connectivity index (χ4n) is 2.68. The summed E-state index contributed by atoms with van der Waals surface area (Å²) in [6.07, 6.45) is 0. The van der Waals surface area contributed by atoms with Gasteiger partial charge in [0.25, 0.3) is 5.56 Å². The Labute approximate surface area is 140 Å². The van der Waals surface area contributed by atoms with E-state index >= 15 is 0 Å². The molecule has 2 aromatic heterocycles. The topological polar surface area (TPSA) is 83.3 Å². The van der Waals surface area contributed by atoms with Gasteiger partial charge in [0.05, 0.1) is 5.52 Å². The number of halogens is 1. The predicted octanol–water partition coefficient (Wildman–Crippen LogP) is 3.86. The fraction of sp³-hybridized carbons (Fsp3) is 0. The SMILES string of the molecule is O=C(c1cc2ccccc2o1)c1c(O)c2ccc(Cl)cc2[nH]c1=O. The van der Waals surface area contributed by atoms with Gasteiger partial charge in [0.15, 0.2) is 5.76 Å². The lowest BCUT2D eigenvalue weighted by molar-refractivity contribution is 0.101. The Hall–Kier alpha value is -3.05. The molecule has 0 saturated carbocycles. The van der Waals surface area contributed by atoms with Crippen molar-refractivity contribution >= 4 is 39.3 Å².